The molecule has 4 aromatic rings. The molecular formula is C20H16N4O4. The Morgan fingerprint density at radius 3 is 2.39 bits per heavy atom. The van der Waals surface area contributed by atoms with Gasteiger partial charge in [0.15, 0.2) is 5.76 Å². The summed E-state index contributed by atoms with van der Waals surface area (Å²) in [5.41, 5.74) is 2.91. The number of carbonyl (C=O) groups excluding carboxylic acids is 2. The Balaban J connectivity index is 1.68. The number of nitrogens with one attached hydrogen (secondary N) is 2. The van der Waals surface area contributed by atoms with E-state index in [4.69, 9.17) is 8.94 Å². The lowest BCUT2D eigenvalue weighted by Crippen LogP contribution is -2.13. The van der Waals surface area contributed by atoms with Crippen molar-refractivity contribution in [2.24, 2.45) is 0 Å². The van der Waals surface area contributed by atoms with Crippen molar-refractivity contribution in [1.29, 1.82) is 0 Å². The van der Waals surface area contributed by atoms with Crippen molar-refractivity contribution < 1.29 is 18.5 Å². The molecule has 0 fully saturated rings. The predicted molar refractivity (Wildman–Crippen MR) is 103 cm³/mol. The number of nitrogens with zero attached hydrogens (tertiary/aromatic N) is 2. The number of fused-ring (bicyclic) bond motifs is 1. The minimum absolute atomic E-state index is 0.163. The summed E-state index contributed by atoms with van der Waals surface area (Å²) in [6.45, 7) is 3.18. The van der Waals surface area contributed by atoms with E-state index in [1.165, 1.54) is 13.2 Å². The molecule has 2 N–H and O–H groups in total. The van der Waals surface area contributed by atoms with Crippen molar-refractivity contribution in [3.63, 3.8) is 0 Å². The first-order chi connectivity index (χ1) is 13.5. The molecule has 0 aliphatic rings. The molecule has 28 heavy (non-hydrogen) atoms. The summed E-state index contributed by atoms with van der Waals surface area (Å²) in [7, 11) is 0. The van der Waals surface area contributed by atoms with Gasteiger partial charge >= 0.3 is 0 Å². The normalized spacial score (nSPS) is 10.8. The van der Waals surface area contributed by atoms with E-state index in [-0.39, 0.29) is 17.5 Å². The van der Waals surface area contributed by atoms with Crippen molar-refractivity contribution >= 4 is 34.3 Å². The molecule has 0 bridgehead atoms. The SMILES string of the molecule is CC(=O)Nc1ccc(NC(=O)c2cc(-c3ccco3)nc3onc(C)c23)cc1. The van der Waals surface area contributed by atoms with Crippen LogP contribution in [0.2, 0.25) is 0 Å². The first-order valence-electron chi connectivity index (χ1n) is 8.51. The van der Waals surface area contributed by atoms with Crippen molar-refractivity contribution in [3.05, 3.63) is 60.0 Å². The third kappa shape index (κ3) is 3.35. The van der Waals surface area contributed by atoms with Crippen LogP contribution in [0, 0.1) is 6.92 Å². The highest BCUT2D eigenvalue weighted by Crippen LogP contribution is 2.28. The highest BCUT2D eigenvalue weighted by Gasteiger charge is 2.20. The number of furan rings is 1. The number of benzene rings is 1. The third-order valence-corrected chi connectivity index (χ3v) is 4.10. The van der Waals surface area contributed by atoms with E-state index in [1.54, 1.807) is 49.4 Å². The summed E-state index contributed by atoms with van der Waals surface area (Å²) in [5.74, 6) is 0.0211. The monoisotopic (exact) mass is 376 g/mol. The number of carbonyl (C=O) groups is 2. The van der Waals surface area contributed by atoms with E-state index in [0.717, 1.165) is 0 Å². The minimum Gasteiger partial charge on any atom is -0.463 e. The Bertz CT molecular complexity index is 1160. The maximum absolute atomic E-state index is 13.0. The van der Waals surface area contributed by atoms with E-state index >= 15 is 0 Å². The van der Waals surface area contributed by atoms with Crippen molar-refractivity contribution in [3.8, 4) is 11.5 Å². The van der Waals surface area contributed by atoms with Crippen LogP contribution < -0.4 is 10.6 Å². The maximum Gasteiger partial charge on any atom is 0.259 e. The van der Waals surface area contributed by atoms with Crippen LogP contribution in [-0.2, 0) is 4.79 Å². The molecule has 3 heterocycles. The summed E-state index contributed by atoms with van der Waals surface area (Å²) in [6.07, 6.45) is 1.53. The van der Waals surface area contributed by atoms with Gasteiger partial charge in [0.25, 0.3) is 11.6 Å². The van der Waals surface area contributed by atoms with Crippen LogP contribution in [0.3, 0.4) is 0 Å². The Kier molecular flexibility index (Phi) is 4.36. The lowest BCUT2D eigenvalue weighted by atomic mass is 10.1. The lowest BCUT2D eigenvalue weighted by Gasteiger charge is -2.08. The number of aryl methyl sites for hydroxylation is 1. The van der Waals surface area contributed by atoms with E-state index in [1.807, 2.05) is 0 Å². The number of pyridine rings is 1. The van der Waals surface area contributed by atoms with E-state index in [9.17, 15) is 9.59 Å². The fraction of sp³-hybridized carbons (Fsp3) is 0.100. The number of anilines is 2. The number of rotatable bonds is 4. The van der Waals surface area contributed by atoms with E-state index in [0.29, 0.717) is 39.5 Å². The van der Waals surface area contributed by atoms with Crippen LogP contribution in [0.25, 0.3) is 22.6 Å². The molecule has 0 spiro atoms. The van der Waals surface area contributed by atoms with Crippen molar-refractivity contribution in [2.75, 3.05) is 10.6 Å². The highest BCUT2D eigenvalue weighted by atomic mass is 16.5. The van der Waals surface area contributed by atoms with Gasteiger partial charge < -0.3 is 19.6 Å². The number of hydrogen-bond acceptors (Lipinski definition) is 6. The Labute approximate surface area is 159 Å². The molecule has 8 heteroatoms. The topological polar surface area (TPSA) is 110 Å². The summed E-state index contributed by atoms with van der Waals surface area (Å²) in [6, 6.07) is 12.0. The van der Waals surface area contributed by atoms with Crippen LogP contribution >= 0.6 is 0 Å². The Hall–Kier alpha value is -3.94. The molecule has 0 unspecified atom stereocenters. The third-order valence-electron chi connectivity index (χ3n) is 4.10. The van der Waals surface area contributed by atoms with E-state index in [2.05, 4.69) is 20.8 Å². The fourth-order valence-corrected chi connectivity index (χ4v) is 2.86. The van der Waals surface area contributed by atoms with Gasteiger partial charge in [-0.05, 0) is 49.4 Å². The van der Waals surface area contributed by atoms with Crippen LogP contribution in [0.5, 0.6) is 0 Å². The van der Waals surface area contributed by atoms with Gasteiger partial charge in [-0.2, -0.15) is 0 Å². The van der Waals surface area contributed by atoms with Crippen LogP contribution in [0.4, 0.5) is 11.4 Å². The second-order valence-electron chi connectivity index (χ2n) is 6.19. The van der Waals surface area contributed by atoms with Crippen molar-refractivity contribution in [2.45, 2.75) is 13.8 Å². The van der Waals surface area contributed by atoms with Gasteiger partial charge in [0.05, 0.1) is 22.9 Å². The zero-order valence-corrected chi connectivity index (χ0v) is 15.1. The minimum atomic E-state index is -0.334. The van der Waals surface area contributed by atoms with Crippen LogP contribution in [0.1, 0.15) is 23.0 Å². The first kappa shape index (κ1) is 17.5. The summed E-state index contributed by atoms with van der Waals surface area (Å²) in [4.78, 5) is 28.5. The number of aromatic nitrogens is 2. The predicted octanol–water partition coefficient (Wildman–Crippen LogP) is 4.00. The maximum atomic E-state index is 13.0. The lowest BCUT2D eigenvalue weighted by molar-refractivity contribution is -0.114. The summed E-state index contributed by atoms with van der Waals surface area (Å²) >= 11 is 0. The molecule has 0 aliphatic heterocycles. The average molecular weight is 376 g/mol. The Morgan fingerprint density at radius 2 is 1.75 bits per heavy atom. The molecule has 0 atom stereocenters. The fourth-order valence-electron chi connectivity index (χ4n) is 2.86. The molecule has 2 amide bonds. The molecular weight excluding hydrogens is 360 g/mol. The molecule has 4 rings (SSSR count). The molecule has 3 aromatic heterocycles. The zero-order valence-electron chi connectivity index (χ0n) is 15.1. The van der Waals surface area contributed by atoms with Gasteiger partial charge in [-0.15, -0.1) is 0 Å². The average Bonchev–Trinajstić information content (AvgIpc) is 3.32. The second kappa shape index (κ2) is 6.99. The molecule has 0 radical (unpaired) electrons. The standard InChI is InChI=1S/C20H16N4O4/c1-11-18-15(10-16(17-4-3-9-27-17)23-20(18)28-24-11)19(26)22-14-7-5-13(6-8-14)21-12(2)25/h3-10H,1-2H3,(H,21,25)(H,22,26). The number of hydrogen-bond donors (Lipinski definition) is 2. The quantitative estimate of drug-likeness (QED) is 0.557. The van der Waals surface area contributed by atoms with E-state index < -0.39 is 0 Å². The largest absolute Gasteiger partial charge is 0.463 e. The van der Waals surface area contributed by atoms with Gasteiger partial charge in [-0.3, -0.25) is 9.59 Å². The van der Waals surface area contributed by atoms with Gasteiger partial charge in [-0.1, -0.05) is 5.16 Å². The van der Waals surface area contributed by atoms with Gasteiger partial charge in [0.2, 0.25) is 5.91 Å². The molecule has 1 aromatic carbocycles. The molecule has 140 valence electrons. The molecule has 8 nitrogen and oxygen atoms in total. The first-order valence-corrected chi connectivity index (χ1v) is 8.51. The molecule has 0 saturated heterocycles. The van der Waals surface area contributed by atoms with Crippen LogP contribution in [-0.4, -0.2) is 22.0 Å². The smallest absolute Gasteiger partial charge is 0.259 e. The van der Waals surface area contributed by atoms with Crippen LogP contribution in [0.15, 0.2) is 57.7 Å². The summed E-state index contributed by atoms with van der Waals surface area (Å²) in [5, 5.41) is 9.98. The van der Waals surface area contributed by atoms with Crippen molar-refractivity contribution in [1.82, 2.24) is 10.1 Å². The zero-order chi connectivity index (χ0) is 19.7. The van der Waals surface area contributed by atoms with Gasteiger partial charge in [0.1, 0.15) is 5.69 Å². The summed E-state index contributed by atoms with van der Waals surface area (Å²) < 4.78 is 10.6. The second-order valence-corrected chi connectivity index (χ2v) is 6.19. The Morgan fingerprint density at radius 1 is 1.04 bits per heavy atom. The number of amides is 2. The molecule has 0 aliphatic carbocycles. The van der Waals surface area contributed by atoms with Gasteiger partial charge in [-0.25, -0.2) is 4.98 Å². The highest BCUT2D eigenvalue weighted by molar-refractivity contribution is 6.13. The molecule has 0 saturated carbocycles. The van der Waals surface area contributed by atoms with Gasteiger partial charge in [0, 0.05) is 18.3 Å².